The Hall–Kier alpha value is -3.01. The van der Waals surface area contributed by atoms with E-state index in [-0.39, 0.29) is 6.61 Å². The molecular weight excluding hydrogens is 442 g/mol. The van der Waals surface area contributed by atoms with E-state index in [2.05, 4.69) is 36.3 Å². The van der Waals surface area contributed by atoms with Gasteiger partial charge in [0.2, 0.25) is 0 Å². The Balaban J connectivity index is 1.68. The maximum Gasteiger partial charge on any atom is 0.412 e. The molecule has 0 radical (unpaired) electrons. The second kappa shape index (κ2) is 8.56. The van der Waals surface area contributed by atoms with Crippen LogP contribution >= 0.6 is 15.9 Å². The second-order valence-electron chi connectivity index (χ2n) is 6.78. The highest BCUT2D eigenvalue weighted by Crippen LogP contribution is 2.21. The third-order valence-electron chi connectivity index (χ3n) is 3.92. The van der Waals surface area contributed by atoms with Gasteiger partial charge in [0.05, 0.1) is 24.1 Å². The summed E-state index contributed by atoms with van der Waals surface area (Å²) in [6.07, 6.45) is 2.74. The lowest BCUT2D eigenvalue weighted by molar-refractivity contribution is 0.0484. The molecule has 9 nitrogen and oxygen atoms in total. The smallest absolute Gasteiger partial charge is 0.412 e. The third-order valence-corrected chi connectivity index (χ3v) is 4.46. The zero-order chi connectivity index (χ0) is 21.0. The van der Waals surface area contributed by atoms with E-state index in [4.69, 9.17) is 9.47 Å². The first-order valence-electron chi connectivity index (χ1n) is 8.89. The van der Waals surface area contributed by atoms with Crippen molar-refractivity contribution < 1.29 is 19.1 Å². The molecule has 0 unspecified atom stereocenters. The van der Waals surface area contributed by atoms with Gasteiger partial charge in [-0.1, -0.05) is 6.07 Å². The molecule has 3 rings (SSSR count). The number of amides is 1. The molecule has 0 bridgehead atoms. The van der Waals surface area contributed by atoms with Crippen LogP contribution in [0.25, 0.3) is 5.65 Å². The van der Waals surface area contributed by atoms with Crippen molar-refractivity contribution in [2.75, 3.05) is 11.9 Å². The van der Waals surface area contributed by atoms with E-state index in [1.807, 2.05) is 0 Å². The lowest BCUT2D eigenvalue weighted by atomic mass is 10.0. The zero-order valence-electron chi connectivity index (χ0n) is 16.2. The van der Waals surface area contributed by atoms with Crippen LogP contribution in [0.3, 0.4) is 0 Å². The van der Waals surface area contributed by atoms with Crippen molar-refractivity contribution in [2.45, 2.75) is 32.8 Å². The Bertz CT molecular complexity index is 1050. The van der Waals surface area contributed by atoms with E-state index in [1.54, 1.807) is 49.7 Å². The molecule has 2 aromatic heterocycles. The van der Waals surface area contributed by atoms with Gasteiger partial charge >= 0.3 is 12.1 Å². The number of ether oxygens (including phenoxy) is 2. The zero-order valence-corrected chi connectivity index (χ0v) is 17.8. The lowest BCUT2D eigenvalue weighted by Crippen LogP contribution is -2.33. The predicted octanol–water partition coefficient (Wildman–Crippen LogP) is 3.63. The molecule has 1 aromatic carbocycles. The van der Waals surface area contributed by atoms with Crippen LogP contribution < -0.4 is 5.32 Å². The number of rotatable bonds is 6. The third kappa shape index (κ3) is 5.08. The minimum Gasteiger partial charge on any atom is -0.462 e. The molecule has 1 amide bonds. The SMILES string of the molecule is CCOC(=O)c1cccc(NC(=O)OC(C)(C)Cc2ncc(Br)n3ncnc23)c1. The number of aromatic nitrogens is 4. The summed E-state index contributed by atoms with van der Waals surface area (Å²) < 4.78 is 12.8. The first kappa shape index (κ1) is 20.7. The second-order valence-corrected chi connectivity index (χ2v) is 7.59. The molecule has 0 aliphatic carbocycles. The van der Waals surface area contributed by atoms with Crippen LogP contribution in [0.4, 0.5) is 10.5 Å². The van der Waals surface area contributed by atoms with Crippen molar-refractivity contribution in [3.63, 3.8) is 0 Å². The van der Waals surface area contributed by atoms with Gasteiger partial charge in [-0.15, -0.1) is 0 Å². The summed E-state index contributed by atoms with van der Waals surface area (Å²) in [6, 6.07) is 6.46. The molecule has 0 aliphatic rings. The molecule has 10 heteroatoms. The fourth-order valence-electron chi connectivity index (χ4n) is 2.73. The summed E-state index contributed by atoms with van der Waals surface area (Å²) in [5.74, 6) is -0.455. The molecule has 29 heavy (non-hydrogen) atoms. The summed E-state index contributed by atoms with van der Waals surface area (Å²) in [4.78, 5) is 32.8. The number of carbonyl (C=O) groups excluding carboxylic acids is 2. The number of anilines is 1. The van der Waals surface area contributed by atoms with Crippen LogP contribution in [-0.2, 0) is 15.9 Å². The highest BCUT2D eigenvalue weighted by atomic mass is 79.9. The first-order chi connectivity index (χ1) is 13.8. The van der Waals surface area contributed by atoms with Gasteiger partial charge in [-0.25, -0.2) is 19.1 Å². The van der Waals surface area contributed by atoms with Crippen LogP contribution in [0.2, 0.25) is 0 Å². The monoisotopic (exact) mass is 461 g/mol. The van der Waals surface area contributed by atoms with Gasteiger partial charge in [0.1, 0.15) is 16.5 Å². The Kier molecular flexibility index (Phi) is 6.12. The highest BCUT2D eigenvalue weighted by Gasteiger charge is 2.26. The van der Waals surface area contributed by atoms with Crippen molar-refractivity contribution in [1.82, 2.24) is 19.6 Å². The minimum absolute atomic E-state index is 0.274. The molecule has 0 saturated carbocycles. The summed E-state index contributed by atoms with van der Waals surface area (Å²) in [7, 11) is 0. The number of carbonyl (C=O) groups is 2. The molecule has 1 N–H and O–H groups in total. The van der Waals surface area contributed by atoms with Gasteiger partial charge < -0.3 is 9.47 Å². The van der Waals surface area contributed by atoms with Gasteiger partial charge in [-0.05, 0) is 54.9 Å². The van der Waals surface area contributed by atoms with Crippen molar-refractivity contribution in [1.29, 1.82) is 0 Å². The predicted molar refractivity (Wildman–Crippen MR) is 109 cm³/mol. The summed E-state index contributed by atoms with van der Waals surface area (Å²) in [5, 5.41) is 6.75. The van der Waals surface area contributed by atoms with Crippen LogP contribution in [0, 0.1) is 0 Å². The van der Waals surface area contributed by atoms with Crippen molar-refractivity contribution in [3.8, 4) is 0 Å². The largest absolute Gasteiger partial charge is 0.462 e. The fraction of sp³-hybridized carbons (Fsp3) is 0.316. The van der Waals surface area contributed by atoms with E-state index in [9.17, 15) is 9.59 Å². The molecule has 152 valence electrons. The van der Waals surface area contributed by atoms with Crippen molar-refractivity contribution in [2.24, 2.45) is 0 Å². The van der Waals surface area contributed by atoms with Crippen molar-refractivity contribution in [3.05, 3.63) is 52.7 Å². The van der Waals surface area contributed by atoms with E-state index in [0.29, 0.717) is 33.6 Å². The van der Waals surface area contributed by atoms with Crippen LogP contribution in [0.15, 0.2) is 41.4 Å². The van der Waals surface area contributed by atoms with Crippen LogP contribution in [-0.4, -0.2) is 43.9 Å². The Morgan fingerprint density at radius 2 is 2.07 bits per heavy atom. The number of halogens is 1. The Labute approximate surface area is 175 Å². The molecule has 0 aliphatic heterocycles. The van der Waals surface area contributed by atoms with Crippen molar-refractivity contribution >= 4 is 39.3 Å². The standard InChI is InChI=1S/C19H20BrN5O4/c1-4-28-17(26)12-6-5-7-13(8-12)24-18(27)29-19(2,3)9-14-16-22-11-23-25(16)15(20)10-21-14/h5-8,10-11H,4,9H2,1-3H3,(H,24,27). The minimum atomic E-state index is -0.865. The molecule has 3 aromatic rings. The molecule has 2 heterocycles. The maximum atomic E-state index is 12.4. The van der Waals surface area contributed by atoms with Crippen LogP contribution in [0.5, 0.6) is 0 Å². The number of benzene rings is 1. The summed E-state index contributed by atoms with van der Waals surface area (Å²) in [5.41, 5.74) is 1.14. The summed E-state index contributed by atoms with van der Waals surface area (Å²) in [6.45, 7) is 5.56. The van der Waals surface area contributed by atoms with Crippen LogP contribution in [0.1, 0.15) is 36.8 Å². The highest BCUT2D eigenvalue weighted by molar-refractivity contribution is 9.10. The van der Waals surface area contributed by atoms with Gasteiger partial charge in [0.25, 0.3) is 0 Å². The average molecular weight is 462 g/mol. The van der Waals surface area contributed by atoms with E-state index < -0.39 is 17.7 Å². The molecule has 0 atom stereocenters. The van der Waals surface area contributed by atoms with Gasteiger partial charge in [0, 0.05) is 12.1 Å². The maximum absolute atomic E-state index is 12.4. The van der Waals surface area contributed by atoms with E-state index >= 15 is 0 Å². The average Bonchev–Trinajstić information content (AvgIpc) is 3.15. The number of esters is 1. The molecule has 0 saturated heterocycles. The van der Waals surface area contributed by atoms with Gasteiger partial charge in [0.15, 0.2) is 5.65 Å². The number of hydrogen-bond donors (Lipinski definition) is 1. The number of nitrogens with one attached hydrogen (secondary N) is 1. The van der Waals surface area contributed by atoms with Gasteiger partial charge in [-0.2, -0.15) is 5.10 Å². The Morgan fingerprint density at radius 3 is 2.83 bits per heavy atom. The topological polar surface area (TPSA) is 108 Å². The molecule has 0 fully saturated rings. The van der Waals surface area contributed by atoms with E-state index in [0.717, 1.165) is 0 Å². The quantitative estimate of drug-likeness (QED) is 0.558. The number of hydrogen-bond acceptors (Lipinski definition) is 7. The lowest BCUT2D eigenvalue weighted by Gasteiger charge is -2.25. The van der Waals surface area contributed by atoms with Gasteiger partial charge in [-0.3, -0.25) is 10.3 Å². The fourth-order valence-corrected chi connectivity index (χ4v) is 3.10. The normalized spacial score (nSPS) is 11.3. The van der Waals surface area contributed by atoms with E-state index in [1.165, 1.54) is 12.4 Å². The number of nitrogens with zero attached hydrogens (tertiary/aromatic N) is 4. The number of fused-ring (bicyclic) bond motifs is 1. The summed E-state index contributed by atoms with van der Waals surface area (Å²) >= 11 is 3.36. The molecular formula is C19H20BrN5O4. The molecule has 0 spiro atoms. The first-order valence-corrected chi connectivity index (χ1v) is 9.68. The Morgan fingerprint density at radius 1 is 1.28 bits per heavy atom.